The molecule has 1 aromatic carbocycles. The summed E-state index contributed by atoms with van der Waals surface area (Å²) in [6, 6.07) is 8.87. The van der Waals surface area contributed by atoms with Gasteiger partial charge < -0.3 is 20.3 Å². The Morgan fingerprint density at radius 3 is 2.48 bits per heavy atom. The fourth-order valence-corrected chi connectivity index (χ4v) is 3.05. The van der Waals surface area contributed by atoms with Gasteiger partial charge in [-0.3, -0.25) is 0 Å². The van der Waals surface area contributed by atoms with Crippen molar-refractivity contribution in [2.45, 2.75) is 25.3 Å². The highest BCUT2D eigenvalue weighted by atomic mass is 32.1. The van der Waals surface area contributed by atoms with Gasteiger partial charge in [0.15, 0.2) is 5.11 Å². The van der Waals surface area contributed by atoms with Crippen LogP contribution in [0.1, 0.15) is 30.9 Å². The maximum atomic E-state index is 5.26. The maximum absolute atomic E-state index is 5.26. The highest BCUT2D eigenvalue weighted by Gasteiger charge is 2.26. The first kappa shape index (κ1) is 16.0. The van der Waals surface area contributed by atoms with Gasteiger partial charge in [0.2, 0.25) is 0 Å². The Hall–Kier alpha value is -1.33. The van der Waals surface area contributed by atoms with Crippen molar-refractivity contribution in [1.82, 2.24) is 10.6 Å². The van der Waals surface area contributed by atoms with Crippen molar-refractivity contribution in [1.29, 1.82) is 0 Å². The third-order valence-electron chi connectivity index (χ3n) is 4.20. The van der Waals surface area contributed by atoms with E-state index in [1.165, 1.54) is 37.9 Å². The first-order chi connectivity index (χ1) is 10.2. The van der Waals surface area contributed by atoms with Crippen LogP contribution < -0.4 is 20.3 Å². The van der Waals surface area contributed by atoms with Crippen LogP contribution in [0.4, 0.5) is 0 Å². The largest absolute Gasteiger partial charge is 0.497 e. The summed E-state index contributed by atoms with van der Waals surface area (Å²) in [6.45, 7) is 3.34. The maximum Gasteiger partial charge on any atom is 0.166 e. The van der Waals surface area contributed by atoms with E-state index >= 15 is 0 Å². The molecule has 0 spiro atoms. The van der Waals surface area contributed by atoms with Crippen LogP contribution in [0.25, 0.3) is 0 Å². The molecule has 0 bridgehead atoms. The Kier molecular flexibility index (Phi) is 6.26. The number of ether oxygens (including phenoxy) is 1. The Morgan fingerprint density at radius 2 is 1.90 bits per heavy atom. The quantitative estimate of drug-likeness (QED) is 0.707. The van der Waals surface area contributed by atoms with Crippen LogP contribution in [0.5, 0.6) is 5.75 Å². The molecule has 2 rings (SSSR count). The normalized spacial score (nSPS) is 17.0. The molecule has 0 saturated carbocycles. The number of methoxy groups -OCH3 is 1. The molecule has 116 valence electrons. The summed E-state index contributed by atoms with van der Waals surface area (Å²) in [5.74, 6) is 0.907. The zero-order valence-corrected chi connectivity index (χ0v) is 13.8. The van der Waals surface area contributed by atoms with Crippen molar-refractivity contribution in [3.63, 3.8) is 0 Å². The standard InChI is InChI=1S/C16H25N3OS/c1-17-16(21)18-12-15(19-10-4-3-5-11-19)13-6-8-14(20-2)9-7-13/h6-9,15H,3-5,10-12H2,1-2H3,(H2,17,18,21)/p+1/t15-/m0/s1. The smallest absolute Gasteiger partial charge is 0.166 e. The van der Waals surface area contributed by atoms with E-state index in [-0.39, 0.29) is 0 Å². The summed E-state index contributed by atoms with van der Waals surface area (Å²) in [6.07, 6.45) is 4.00. The fraction of sp³-hybridized carbons (Fsp3) is 0.562. The second-order valence-electron chi connectivity index (χ2n) is 5.50. The Morgan fingerprint density at radius 1 is 1.24 bits per heavy atom. The number of thiocarbonyl (C=S) groups is 1. The lowest BCUT2D eigenvalue weighted by molar-refractivity contribution is -0.934. The molecule has 1 aliphatic heterocycles. The minimum absolute atomic E-state index is 0.433. The molecule has 0 unspecified atom stereocenters. The number of piperidine rings is 1. The molecule has 1 aromatic rings. The predicted octanol–water partition coefficient (Wildman–Crippen LogP) is 0.899. The number of nitrogens with one attached hydrogen (secondary N) is 3. The molecule has 1 aliphatic rings. The second-order valence-corrected chi connectivity index (χ2v) is 5.91. The summed E-state index contributed by atoms with van der Waals surface area (Å²) in [5, 5.41) is 7.02. The molecule has 0 aromatic heterocycles. The summed E-state index contributed by atoms with van der Waals surface area (Å²) in [5.41, 5.74) is 1.35. The third-order valence-corrected chi connectivity index (χ3v) is 4.55. The van der Waals surface area contributed by atoms with Gasteiger partial charge in [-0.1, -0.05) is 0 Å². The van der Waals surface area contributed by atoms with Gasteiger partial charge in [-0.2, -0.15) is 0 Å². The SMILES string of the molecule is CNC(=S)NC[C@@H](c1ccc(OC)cc1)[NH+]1CCCCC1. The first-order valence-electron chi connectivity index (χ1n) is 7.68. The van der Waals surface area contributed by atoms with Crippen molar-refractivity contribution in [2.24, 2.45) is 0 Å². The lowest BCUT2D eigenvalue weighted by atomic mass is 10.0. The van der Waals surface area contributed by atoms with Gasteiger partial charge in [0.1, 0.15) is 11.8 Å². The highest BCUT2D eigenvalue weighted by Crippen LogP contribution is 2.16. The van der Waals surface area contributed by atoms with E-state index in [2.05, 4.69) is 22.8 Å². The average Bonchev–Trinajstić information content (AvgIpc) is 2.56. The van der Waals surface area contributed by atoms with Gasteiger partial charge in [-0.05, 0) is 55.7 Å². The number of likely N-dealkylation sites (tertiary alicyclic amines) is 1. The number of rotatable bonds is 5. The van der Waals surface area contributed by atoms with Crippen LogP contribution in [-0.2, 0) is 0 Å². The van der Waals surface area contributed by atoms with Crippen LogP contribution in [0, 0.1) is 0 Å². The monoisotopic (exact) mass is 308 g/mol. The predicted molar refractivity (Wildman–Crippen MR) is 89.9 cm³/mol. The van der Waals surface area contributed by atoms with Crippen LogP contribution in [-0.4, -0.2) is 38.9 Å². The van der Waals surface area contributed by atoms with Gasteiger partial charge >= 0.3 is 0 Å². The number of benzene rings is 1. The lowest BCUT2D eigenvalue weighted by Gasteiger charge is -2.32. The molecule has 4 nitrogen and oxygen atoms in total. The zero-order chi connectivity index (χ0) is 15.1. The van der Waals surface area contributed by atoms with Crippen molar-refractivity contribution < 1.29 is 9.64 Å². The van der Waals surface area contributed by atoms with E-state index in [1.807, 2.05) is 19.2 Å². The Bertz CT molecular complexity index is 443. The van der Waals surface area contributed by atoms with Crippen LogP contribution in [0.2, 0.25) is 0 Å². The molecule has 21 heavy (non-hydrogen) atoms. The third kappa shape index (κ3) is 4.58. The van der Waals surface area contributed by atoms with E-state index in [1.54, 1.807) is 12.0 Å². The van der Waals surface area contributed by atoms with Gasteiger partial charge in [0.25, 0.3) is 0 Å². The molecule has 0 radical (unpaired) electrons. The zero-order valence-electron chi connectivity index (χ0n) is 12.9. The van der Waals surface area contributed by atoms with E-state index < -0.39 is 0 Å². The average molecular weight is 308 g/mol. The summed E-state index contributed by atoms with van der Waals surface area (Å²) >= 11 is 5.21. The van der Waals surface area contributed by atoms with Crippen LogP contribution >= 0.6 is 12.2 Å². The number of hydrogen-bond acceptors (Lipinski definition) is 2. The van der Waals surface area contributed by atoms with E-state index in [4.69, 9.17) is 17.0 Å². The summed E-state index contributed by atoms with van der Waals surface area (Å²) in [7, 11) is 3.56. The van der Waals surface area contributed by atoms with Crippen molar-refractivity contribution >= 4 is 17.3 Å². The first-order valence-corrected chi connectivity index (χ1v) is 8.09. The van der Waals surface area contributed by atoms with Gasteiger partial charge in [0, 0.05) is 12.6 Å². The lowest BCUT2D eigenvalue weighted by Crippen LogP contribution is -3.13. The van der Waals surface area contributed by atoms with E-state index in [9.17, 15) is 0 Å². The molecule has 0 aliphatic carbocycles. The Labute approximate surface area is 132 Å². The van der Waals surface area contributed by atoms with E-state index in [0.29, 0.717) is 11.2 Å². The van der Waals surface area contributed by atoms with Crippen LogP contribution in [0.15, 0.2) is 24.3 Å². The van der Waals surface area contributed by atoms with Crippen molar-refractivity contribution in [3.8, 4) is 5.75 Å². The van der Waals surface area contributed by atoms with Gasteiger partial charge in [-0.25, -0.2) is 0 Å². The molecule has 1 fully saturated rings. The van der Waals surface area contributed by atoms with Crippen molar-refractivity contribution in [3.05, 3.63) is 29.8 Å². The minimum atomic E-state index is 0.433. The molecular weight excluding hydrogens is 282 g/mol. The molecule has 0 amide bonds. The minimum Gasteiger partial charge on any atom is -0.497 e. The summed E-state index contributed by atoms with van der Waals surface area (Å²) < 4.78 is 5.26. The highest BCUT2D eigenvalue weighted by molar-refractivity contribution is 7.80. The number of quaternary nitrogens is 1. The van der Waals surface area contributed by atoms with Crippen LogP contribution in [0.3, 0.4) is 0 Å². The molecular formula is C16H26N3OS+. The van der Waals surface area contributed by atoms with E-state index in [0.717, 1.165) is 12.3 Å². The second kappa shape index (κ2) is 8.20. The molecule has 1 atom stereocenters. The molecule has 1 saturated heterocycles. The molecule has 5 heteroatoms. The van der Waals surface area contributed by atoms with Gasteiger partial charge in [0.05, 0.1) is 26.7 Å². The fourth-order valence-electron chi connectivity index (χ4n) is 2.97. The molecule has 1 heterocycles. The Balaban J connectivity index is 2.10. The number of hydrogen-bond donors (Lipinski definition) is 3. The van der Waals surface area contributed by atoms with Gasteiger partial charge in [-0.15, -0.1) is 0 Å². The van der Waals surface area contributed by atoms with Crippen molar-refractivity contribution in [2.75, 3.05) is 33.8 Å². The molecule has 3 N–H and O–H groups in total. The summed E-state index contributed by atoms with van der Waals surface area (Å²) in [4.78, 5) is 1.65. The topological polar surface area (TPSA) is 37.7 Å².